The molecule has 1 aliphatic heterocycles. The number of likely N-dealkylation sites (N-methyl/N-ethyl adjacent to an activating group) is 2. The van der Waals surface area contributed by atoms with Gasteiger partial charge >= 0.3 is 0 Å². The van der Waals surface area contributed by atoms with E-state index in [9.17, 15) is 28.8 Å². The molecule has 0 aromatic heterocycles. The molecule has 6 amide bonds. The van der Waals surface area contributed by atoms with Gasteiger partial charge in [-0.3, -0.25) is 33.7 Å². The van der Waals surface area contributed by atoms with Gasteiger partial charge in [0, 0.05) is 40.8 Å². The van der Waals surface area contributed by atoms with Crippen molar-refractivity contribution in [1.82, 2.24) is 36.0 Å². The van der Waals surface area contributed by atoms with Crippen LogP contribution in [0, 0.1) is 23.7 Å². The number of rotatable bonds is 30. The number of carbonyl (C=O) groups is 6. The van der Waals surface area contributed by atoms with E-state index in [4.69, 9.17) is 24.1 Å². The number of nitrogens with zero attached hydrogens (tertiary/aromatic N) is 3. The van der Waals surface area contributed by atoms with Crippen molar-refractivity contribution in [3.63, 3.8) is 0 Å². The average molecular weight is 920 g/mol. The molecule has 0 bridgehead atoms. The molecule has 1 heterocycles. The van der Waals surface area contributed by atoms with Gasteiger partial charge in [-0.15, -0.1) is 0 Å². The maximum atomic E-state index is 14.4. The lowest BCUT2D eigenvalue weighted by molar-refractivity contribution is -0.148. The molecule has 0 saturated carbocycles. The molecule has 0 radical (unpaired) electrons. The second kappa shape index (κ2) is 29.4. The number of amides is 6. The first-order chi connectivity index (χ1) is 30.8. The second-order valence-electron chi connectivity index (χ2n) is 17.9. The Morgan fingerprint density at radius 3 is 2.06 bits per heavy atom. The minimum atomic E-state index is -0.924. The molecule has 0 spiro atoms. The third-order valence-electron chi connectivity index (χ3n) is 12.3. The number of nitrogens with one attached hydrogen (secondary N) is 4. The molecule has 5 N–H and O–H groups in total. The number of aliphatic hydroxyl groups is 1. The summed E-state index contributed by atoms with van der Waals surface area (Å²) in [7, 11) is 8.46. The van der Waals surface area contributed by atoms with Crippen LogP contribution in [0.15, 0.2) is 30.3 Å². The van der Waals surface area contributed by atoms with Crippen LogP contribution in [0.4, 0.5) is 0 Å². The average Bonchev–Trinajstić information content (AvgIpc) is 3.75. The summed E-state index contributed by atoms with van der Waals surface area (Å²) < 4.78 is 22.7. The van der Waals surface area contributed by atoms with Crippen LogP contribution >= 0.6 is 0 Å². The van der Waals surface area contributed by atoms with Gasteiger partial charge < -0.3 is 55.1 Å². The fourth-order valence-corrected chi connectivity index (χ4v) is 8.67. The highest BCUT2D eigenvalue weighted by atomic mass is 16.5. The largest absolute Gasteiger partial charge is 0.379 e. The van der Waals surface area contributed by atoms with Crippen molar-refractivity contribution >= 4 is 35.4 Å². The van der Waals surface area contributed by atoms with Gasteiger partial charge in [-0.2, -0.15) is 0 Å². The number of ether oxygens (including phenoxy) is 4. The van der Waals surface area contributed by atoms with Crippen molar-refractivity contribution in [2.45, 2.75) is 123 Å². The second-order valence-corrected chi connectivity index (χ2v) is 17.9. The lowest BCUT2D eigenvalue weighted by Gasteiger charge is -2.41. The first-order valence-electron chi connectivity index (χ1n) is 23.1. The number of methoxy groups -OCH3 is 2. The van der Waals surface area contributed by atoms with Gasteiger partial charge in [-0.25, -0.2) is 0 Å². The number of hydrogen-bond donors (Lipinski definition) is 5. The van der Waals surface area contributed by atoms with E-state index in [0.29, 0.717) is 25.8 Å². The summed E-state index contributed by atoms with van der Waals surface area (Å²) in [6.45, 7) is 13.9. The molecule has 370 valence electrons. The normalized spacial score (nSPS) is 17.7. The zero-order chi connectivity index (χ0) is 48.8. The van der Waals surface area contributed by atoms with E-state index in [1.807, 2.05) is 90.9 Å². The molecule has 1 aromatic carbocycles. The molecular weight excluding hydrogens is 839 g/mol. The molecule has 1 aliphatic rings. The Labute approximate surface area is 387 Å². The van der Waals surface area contributed by atoms with Crippen LogP contribution in [0.5, 0.6) is 0 Å². The number of hydrogen-bond acceptors (Lipinski definition) is 12. The fourth-order valence-electron chi connectivity index (χ4n) is 8.67. The summed E-state index contributed by atoms with van der Waals surface area (Å²) >= 11 is 0. The van der Waals surface area contributed by atoms with Gasteiger partial charge in [0.05, 0.1) is 62.5 Å². The predicted molar refractivity (Wildman–Crippen MR) is 247 cm³/mol. The maximum Gasteiger partial charge on any atom is 0.247 e. The Balaban J connectivity index is 2.21. The summed E-state index contributed by atoms with van der Waals surface area (Å²) in [5.41, 5.74) is 0.847. The van der Waals surface area contributed by atoms with Gasteiger partial charge in [0.15, 0.2) is 0 Å². The van der Waals surface area contributed by atoms with Gasteiger partial charge in [0.2, 0.25) is 35.4 Å². The minimum absolute atomic E-state index is 0.0217. The number of benzene rings is 1. The molecule has 65 heavy (non-hydrogen) atoms. The third kappa shape index (κ3) is 17.8. The van der Waals surface area contributed by atoms with Gasteiger partial charge in [-0.05, 0) is 50.3 Å². The molecule has 18 nitrogen and oxygen atoms in total. The van der Waals surface area contributed by atoms with Crippen LogP contribution < -0.4 is 21.3 Å². The molecule has 1 saturated heterocycles. The topological polar surface area (TPSA) is 217 Å². The van der Waals surface area contributed by atoms with Gasteiger partial charge in [0.25, 0.3) is 0 Å². The zero-order valence-electron chi connectivity index (χ0n) is 41.1. The van der Waals surface area contributed by atoms with Gasteiger partial charge in [0.1, 0.15) is 25.4 Å². The Morgan fingerprint density at radius 1 is 0.831 bits per heavy atom. The summed E-state index contributed by atoms with van der Waals surface area (Å²) in [6.07, 6.45) is 0.831. The Bertz CT molecular complexity index is 1610. The van der Waals surface area contributed by atoms with Crippen LogP contribution in [0.25, 0.3) is 0 Å². The van der Waals surface area contributed by atoms with Crippen molar-refractivity contribution in [3.8, 4) is 0 Å². The van der Waals surface area contributed by atoms with E-state index in [0.717, 1.165) is 5.56 Å². The summed E-state index contributed by atoms with van der Waals surface area (Å²) in [5, 5.41) is 19.7. The standard InChI is InChI=1S/C47H81N7O11/c1-13-32(6)42(53(10)47(61)40(30(2)3)51-46(60)41(31(4)5)52(8)9)37(62-11)27-39(57)54-22-17-20-36(54)43(63-12)33(7)44(58)50-35(26-34-18-15-14-16-19-34)45(59)48-21-23-64-24-25-65-28-38(56)49-29-55/h14-16,18-19,30-33,35-37,40-43,55H,13,17,20-29H2,1-12H3,(H,48,59)(H,49,56)(H,50,58)(H,51,60)/t32?,33-,35+,36+,37?,40+,41+,42+,43-/m1/s1. The maximum absolute atomic E-state index is 14.4. The van der Waals surface area contributed by atoms with E-state index in [1.54, 1.807) is 30.9 Å². The molecular formula is C47H81N7O11. The first-order valence-corrected chi connectivity index (χ1v) is 23.1. The van der Waals surface area contributed by atoms with Crippen LogP contribution in [0.2, 0.25) is 0 Å². The van der Waals surface area contributed by atoms with Crippen molar-refractivity contribution in [1.29, 1.82) is 0 Å². The zero-order valence-corrected chi connectivity index (χ0v) is 41.1. The van der Waals surface area contributed by atoms with E-state index in [-0.39, 0.29) is 81.3 Å². The van der Waals surface area contributed by atoms with E-state index >= 15 is 0 Å². The summed E-state index contributed by atoms with van der Waals surface area (Å²) in [4.78, 5) is 86.4. The molecule has 18 heteroatoms. The van der Waals surface area contributed by atoms with Crippen molar-refractivity contribution in [2.75, 3.05) is 81.6 Å². The number of carbonyl (C=O) groups excluding carboxylic acids is 6. The van der Waals surface area contributed by atoms with Crippen molar-refractivity contribution < 1.29 is 52.8 Å². The van der Waals surface area contributed by atoms with Crippen molar-refractivity contribution in [2.24, 2.45) is 23.7 Å². The monoisotopic (exact) mass is 920 g/mol. The predicted octanol–water partition coefficient (Wildman–Crippen LogP) is 1.58. The Morgan fingerprint density at radius 2 is 1.49 bits per heavy atom. The fraction of sp³-hybridized carbons (Fsp3) is 0.745. The highest BCUT2D eigenvalue weighted by molar-refractivity contribution is 5.91. The Kier molecular flexibility index (Phi) is 25.8. The van der Waals surface area contributed by atoms with Crippen molar-refractivity contribution in [3.05, 3.63) is 35.9 Å². The van der Waals surface area contributed by atoms with E-state index in [1.165, 1.54) is 7.11 Å². The molecule has 0 aliphatic carbocycles. The van der Waals surface area contributed by atoms with E-state index < -0.39 is 72.8 Å². The van der Waals surface area contributed by atoms with Crippen LogP contribution in [-0.4, -0.2) is 179 Å². The molecule has 1 fully saturated rings. The van der Waals surface area contributed by atoms with Crippen LogP contribution in [0.1, 0.15) is 79.7 Å². The Hall–Kier alpha value is -4.20. The van der Waals surface area contributed by atoms with E-state index in [2.05, 4.69) is 21.3 Å². The highest BCUT2D eigenvalue weighted by Crippen LogP contribution is 2.30. The highest BCUT2D eigenvalue weighted by Gasteiger charge is 2.43. The number of aliphatic hydroxyl groups excluding tert-OH is 1. The lowest BCUT2D eigenvalue weighted by Crippen LogP contribution is -2.59. The van der Waals surface area contributed by atoms with Crippen LogP contribution in [0.3, 0.4) is 0 Å². The molecule has 2 unspecified atom stereocenters. The van der Waals surface area contributed by atoms with Crippen LogP contribution in [-0.2, 0) is 54.1 Å². The lowest BCUT2D eigenvalue weighted by atomic mass is 9.89. The number of likely N-dealkylation sites (tertiary alicyclic amines) is 1. The SMILES string of the molecule is CCC(C)[C@@H](C(CC(=O)N1CCC[C@H]1[C@H](OC)[C@@H](C)C(=O)N[C@@H](Cc1ccccc1)C(=O)NCCOCCOCC(=O)NCO)OC)N(C)C(=O)[C@@H](NC(=O)[C@H](C(C)C)N(C)C)C(C)C. The van der Waals surface area contributed by atoms with Gasteiger partial charge in [-0.1, -0.05) is 85.2 Å². The quantitative estimate of drug-likeness (QED) is 0.0550. The third-order valence-corrected chi connectivity index (χ3v) is 12.3. The molecule has 1 aromatic rings. The minimum Gasteiger partial charge on any atom is -0.379 e. The first kappa shape index (κ1) is 56.9. The molecule has 2 rings (SSSR count). The molecule has 9 atom stereocenters. The summed E-state index contributed by atoms with van der Waals surface area (Å²) in [6, 6.07) is 6.26. The summed E-state index contributed by atoms with van der Waals surface area (Å²) in [5.74, 6) is -2.93. The smallest absolute Gasteiger partial charge is 0.247 e.